The Balaban J connectivity index is 1.50. The molecule has 5 heteroatoms. The minimum absolute atomic E-state index is 0.0149. The van der Waals surface area contributed by atoms with Crippen LogP contribution in [0.5, 0.6) is 0 Å². The number of nitrogens with two attached hydrogens (primary N) is 1. The van der Waals surface area contributed by atoms with E-state index in [4.69, 9.17) is 5.73 Å². The summed E-state index contributed by atoms with van der Waals surface area (Å²) in [5.74, 6) is 0.859. The Morgan fingerprint density at radius 2 is 1.79 bits per heavy atom. The first kappa shape index (κ1) is 20.4. The van der Waals surface area contributed by atoms with Gasteiger partial charge in [0.05, 0.1) is 0 Å². The van der Waals surface area contributed by atoms with Gasteiger partial charge in [0.15, 0.2) is 0 Å². The van der Waals surface area contributed by atoms with E-state index in [1.54, 1.807) is 0 Å². The predicted molar refractivity (Wildman–Crippen MR) is 117 cm³/mol. The summed E-state index contributed by atoms with van der Waals surface area (Å²) in [5, 5.41) is 5.79. The van der Waals surface area contributed by atoms with Crippen molar-refractivity contribution in [2.24, 2.45) is 11.7 Å². The Morgan fingerprint density at radius 1 is 1.11 bits per heavy atom. The van der Waals surface area contributed by atoms with E-state index in [1.807, 2.05) is 43.3 Å². The summed E-state index contributed by atoms with van der Waals surface area (Å²) >= 11 is 0. The number of hydrogen-bond donors (Lipinski definition) is 3. The number of piperidine rings is 1. The number of nitrogens with one attached hydrogen (secondary N) is 2. The van der Waals surface area contributed by atoms with Crippen LogP contribution in [0.3, 0.4) is 0 Å². The average Bonchev–Trinajstić information content (AvgIpc) is 2.68. The maximum absolute atomic E-state index is 12.3. The van der Waals surface area contributed by atoms with E-state index in [2.05, 4.69) is 34.6 Å². The number of likely N-dealkylation sites (tertiary alicyclic amines) is 1. The van der Waals surface area contributed by atoms with Gasteiger partial charge >= 0.3 is 6.03 Å². The molecule has 0 aromatic heterocycles. The van der Waals surface area contributed by atoms with E-state index in [0.29, 0.717) is 0 Å². The van der Waals surface area contributed by atoms with Gasteiger partial charge in [-0.3, -0.25) is 0 Å². The highest BCUT2D eigenvalue weighted by Crippen LogP contribution is 2.18. The molecule has 1 heterocycles. The fourth-order valence-corrected chi connectivity index (χ4v) is 3.54. The van der Waals surface area contributed by atoms with Gasteiger partial charge in [0.25, 0.3) is 0 Å². The summed E-state index contributed by atoms with van der Waals surface area (Å²) in [6, 6.07) is 15.5. The quantitative estimate of drug-likeness (QED) is 0.684. The SMILES string of the molecule is CC1CCN(CCc2cccc(NC(=O)Nc3ccc(C(C)N)cc3)c2)CC1. The molecule has 2 amide bonds. The molecular formula is C23H32N4O. The van der Waals surface area contributed by atoms with Crippen LogP contribution in [0.2, 0.25) is 0 Å². The fourth-order valence-electron chi connectivity index (χ4n) is 3.54. The maximum atomic E-state index is 12.3. The summed E-state index contributed by atoms with van der Waals surface area (Å²) < 4.78 is 0. The molecule has 2 aromatic rings. The van der Waals surface area contributed by atoms with Gasteiger partial charge in [0.1, 0.15) is 0 Å². The molecule has 0 radical (unpaired) electrons. The van der Waals surface area contributed by atoms with Gasteiger partial charge < -0.3 is 21.3 Å². The van der Waals surface area contributed by atoms with Crippen LogP contribution in [0.25, 0.3) is 0 Å². The van der Waals surface area contributed by atoms with Crippen molar-refractivity contribution in [3.05, 3.63) is 59.7 Å². The number of rotatable bonds is 6. The molecule has 150 valence electrons. The topological polar surface area (TPSA) is 70.4 Å². The zero-order valence-electron chi connectivity index (χ0n) is 16.9. The van der Waals surface area contributed by atoms with Crippen LogP contribution >= 0.6 is 0 Å². The van der Waals surface area contributed by atoms with Crippen molar-refractivity contribution < 1.29 is 4.79 Å². The molecule has 4 N–H and O–H groups in total. The predicted octanol–water partition coefficient (Wildman–Crippen LogP) is 4.62. The van der Waals surface area contributed by atoms with E-state index >= 15 is 0 Å². The Bertz CT molecular complexity index is 764. The van der Waals surface area contributed by atoms with E-state index in [-0.39, 0.29) is 12.1 Å². The first-order valence-corrected chi connectivity index (χ1v) is 10.2. The van der Waals surface area contributed by atoms with Crippen LogP contribution in [-0.4, -0.2) is 30.6 Å². The summed E-state index contributed by atoms with van der Waals surface area (Å²) in [5.41, 5.74) is 9.71. The van der Waals surface area contributed by atoms with E-state index in [9.17, 15) is 4.79 Å². The monoisotopic (exact) mass is 380 g/mol. The normalized spacial score (nSPS) is 16.5. The van der Waals surface area contributed by atoms with Crippen LogP contribution in [-0.2, 0) is 6.42 Å². The lowest BCUT2D eigenvalue weighted by atomic mass is 9.99. The largest absolute Gasteiger partial charge is 0.324 e. The number of carbonyl (C=O) groups is 1. The summed E-state index contributed by atoms with van der Waals surface area (Å²) in [6.45, 7) is 7.75. The number of anilines is 2. The van der Waals surface area contributed by atoms with Gasteiger partial charge in [-0.05, 0) is 80.6 Å². The highest BCUT2D eigenvalue weighted by molar-refractivity contribution is 5.99. The molecule has 1 saturated heterocycles. The number of urea groups is 1. The minimum Gasteiger partial charge on any atom is -0.324 e. The maximum Gasteiger partial charge on any atom is 0.323 e. The van der Waals surface area contributed by atoms with E-state index in [1.165, 1.54) is 31.5 Å². The summed E-state index contributed by atoms with van der Waals surface area (Å²) in [6.07, 6.45) is 3.60. The molecule has 0 aliphatic carbocycles. The lowest BCUT2D eigenvalue weighted by Gasteiger charge is -2.30. The second-order valence-corrected chi connectivity index (χ2v) is 7.96. The van der Waals surface area contributed by atoms with Crippen molar-refractivity contribution >= 4 is 17.4 Å². The van der Waals surface area contributed by atoms with Crippen molar-refractivity contribution in [2.75, 3.05) is 30.3 Å². The molecule has 28 heavy (non-hydrogen) atoms. The molecule has 0 bridgehead atoms. The van der Waals surface area contributed by atoms with E-state index in [0.717, 1.165) is 35.8 Å². The summed E-state index contributed by atoms with van der Waals surface area (Å²) in [4.78, 5) is 14.8. The molecule has 1 unspecified atom stereocenters. The van der Waals surface area contributed by atoms with Crippen LogP contribution < -0.4 is 16.4 Å². The first-order valence-electron chi connectivity index (χ1n) is 10.2. The Hall–Kier alpha value is -2.37. The average molecular weight is 381 g/mol. The smallest absolute Gasteiger partial charge is 0.323 e. The lowest BCUT2D eigenvalue weighted by Crippen LogP contribution is -2.34. The highest BCUT2D eigenvalue weighted by atomic mass is 16.2. The Morgan fingerprint density at radius 3 is 2.46 bits per heavy atom. The standard InChI is InChI=1S/C23H32N4O/c1-17-10-13-27(14-11-17)15-12-19-4-3-5-22(16-19)26-23(28)25-21-8-6-20(7-9-21)18(2)24/h3-9,16-18H,10-15,24H2,1-2H3,(H2,25,26,28). The Labute approximate surface area is 168 Å². The third-order valence-corrected chi connectivity index (χ3v) is 5.47. The van der Waals surface area contributed by atoms with Gasteiger partial charge in [-0.25, -0.2) is 4.79 Å². The van der Waals surface area contributed by atoms with Gasteiger partial charge in [-0.2, -0.15) is 0 Å². The number of benzene rings is 2. The van der Waals surface area contributed by atoms with Gasteiger partial charge in [-0.15, -0.1) is 0 Å². The van der Waals surface area contributed by atoms with Crippen LogP contribution in [0.15, 0.2) is 48.5 Å². The number of carbonyl (C=O) groups excluding carboxylic acids is 1. The van der Waals surface area contributed by atoms with Gasteiger partial charge in [0.2, 0.25) is 0 Å². The number of hydrogen-bond acceptors (Lipinski definition) is 3. The third-order valence-electron chi connectivity index (χ3n) is 5.47. The van der Waals surface area contributed by atoms with Crippen molar-refractivity contribution in [1.29, 1.82) is 0 Å². The molecule has 0 saturated carbocycles. The highest BCUT2D eigenvalue weighted by Gasteiger charge is 2.15. The third kappa shape index (κ3) is 6.08. The lowest BCUT2D eigenvalue weighted by molar-refractivity contribution is 0.194. The molecule has 1 atom stereocenters. The molecular weight excluding hydrogens is 348 g/mol. The van der Waals surface area contributed by atoms with Gasteiger partial charge in [-0.1, -0.05) is 31.2 Å². The molecule has 1 aliphatic heterocycles. The first-order chi connectivity index (χ1) is 13.5. The molecule has 1 aliphatic rings. The molecule has 0 spiro atoms. The molecule has 2 aromatic carbocycles. The second kappa shape index (κ2) is 9.71. The minimum atomic E-state index is -0.240. The Kier molecular flexibility index (Phi) is 7.06. The van der Waals surface area contributed by atoms with Gasteiger partial charge in [0, 0.05) is 24.0 Å². The van der Waals surface area contributed by atoms with Crippen molar-refractivity contribution in [3.8, 4) is 0 Å². The number of nitrogens with zero attached hydrogens (tertiary/aromatic N) is 1. The zero-order valence-corrected chi connectivity index (χ0v) is 16.9. The number of amides is 2. The van der Waals surface area contributed by atoms with Crippen LogP contribution in [0.1, 0.15) is 43.9 Å². The second-order valence-electron chi connectivity index (χ2n) is 7.96. The molecule has 1 fully saturated rings. The zero-order chi connectivity index (χ0) is 19.9. The van der Waals surface area contributed by atoms with Crippen molar-refractivity contribution in [2.45, 2.75) is 39.2 Å². The van der Waals surface area contributed by atoms with Crippen LogP contribution in [0, 0.1) is 5.92 Å². The fraction of sp³-hybridized carbons (Fsp3) is 0.435. The van der Waals surface area contributed by atoms with Crippen molar-refractivity contribution in [3.63, 3.8) is 0 Å². The van der Waals surface area contributed by atoms with Crippen LogP contribution in [0.4, 0.5) is 16.2 Å². The van der Waals surface area contributed by atoms with Crippen molar-refractivity contribution in [1.82, 2.24) is 4.90 Å². The summed E-state index contributed by atoms with van der Waals surface area (Å²) in [7, 11) is 0. The molecule has 5 nitrogen and oxygen atoms in total. The molecule has 3 rings (SSSR count). The van der Waals surface area contributed by atoms with E-state index < -0.39 is 0 Å².